The zero-order valence-electron chi connectivity index (χ0n) is 10.4. The quantitative estimate of drug-likeness (QED) is 0.753. The van der Waals surface area contributed by atoms with E-state index in [4.69, 9.17) is 0 Å². The zero-order valence-corrected chi connectivity index (χ0v) is 14.1. The van der Waals surface area contributed by atoms with Crippen molar-refractivity contribution in [2.45, 2.75) is 6.42 Å². The molecular weight excluding hydrogens is 421 g/mol. The van der Waals surface area contributed by atoms with Crippen LogP contribution >= 0.6 is 38.5 Å². The second-order valence-electron chi connectivity index (χ2n) is 4.08. The van der Waals surface area contributed by atoms with E-state index in [0.717, 1.165) is 20.3 Å². The van der Waals surface area contributed by atoms with Crippen molar-refractivity contribution in [1.29, 1.82) is 0 Å². The second kappa shape index (κ2) is 6.51. The maximum atomic E-state index is 12.1. The highest BCUT2D eigenvalue weighted by Crippen LogP contribution is 2.19. The van der Waals surface area contributed by atoms with E-state index in [1.807, 2.05) is 36.0 Å². The lowest BCUT2D eigenvalue weighted by molar-refractivity contribution is 0.0953. The van der Waals surface area contributed by atoms with Gasteiger partial charge in [0, 0.05) is 40.4 Å². The van der Waals surface area contributed by atoms with Gasteiger partial charge in [0.15, 0.2) is 0 Å². The van der Waals surface area contributed by atoms with Crippen molar-refractivity contribution in [3.8, 4) is 0 Å². The van der Waals surface area contributed by atoms with Crippen LogP contribution in [0, 0.1) is 3.57 Å². The third kappa shape index (κ3) is 3.79. The number of rotatable bonds is 4. The molecule has 6 heteroatoms. The molecule has 1 N–H and O–H groups in total. The monoisotopic (exact) mass is 433 g/mol. The number of imidazole rings is 1. The fraction of sp³-hybridized carbons (Fsp3) is 0.231. The average Bonchev–Trinajstić information content (AvgIpc) is 2.78. The molecule has 0 saturated carbocycles. The van der Waals surface area contributed by atoms with E-state index in [0.29, 0.717) is 12.1 Å². The van der Waals surface area contributed by atoms with E-state index < -0.39 is 0 Å². The first-order valence-corrected chi connectivity index (χ1v) is 7.64. The number of aryl methyl sites for hydroxylation is 1. The summed E-state index contributed by atoms with van der Waals surface area (Å²) in [7, 11) is 1.94. The van der Waals surface area contributed by atoms with E-state index in [1.165, 1.54) is 0 Å². The fourth-order valence-electron chi connectivity index (χ4n) is 1.69. The van der Waals surface area contributed by atoms with Crippen molar-refractivity contribution in [2.24, 2.45) is 7.05 Å². The Morgan fingerprint density at radius 1 is 1.53 bits per heavy atom. The van der Waals surface area contributed by atoms with Gasteiger partial charge in [0.05, 0.1) is 5.56 Å². The van der Waals surface area contributed by atoms with Gasteiger partial charge in [0.25, 0.3) is 5.91 Å². The minimum atomic E-state index is -0.0698. The van der Waals surface area contributed by atoms with E-state index >= 15 is 0 Å². The van der Waals surface area contributed by atoms with Crippen LogP contribution in [0.1, 0.15) is 16.2 Å². The number of aromatic nitrogens is 2. The largest absolute Gasteiger partial charge is 0.352 e. The van der Waals surface area contributed by atoms with Gasteiger partial charge in [-0.05, 0) is 56.7 Å². The molecule has 19 heavy (non-hydrogen) atoms. The molecule has 100 valence electrons. The van der Waals surface area contributed by atoms with E-state index in [2.05, 4.69) is 48.8 Å². The Labute approximate surface area is 133 Å². The van der Waals surface area contributed by atoms with Crippen molar-refractivity contribution in [3.63, 3.8) is 0 Å². The fourth-order valence-corrected chi connectivity index (χ4v) is 2.61. The molecule has 1 aromatic carbocycles. The molecule has 1 aromatic heterocycles. The lowest BCUT2D eigenvalue weighted by atomic mass is 10.2. The Kier molecular flexibility index (Phi) is 4.98. The number of carbonyl (C=O) groups excluding carboxylic acids is 1. The van der Waals surface area contributed by atoms with Gasteiger partial charge >= 0.3 is 0 Å². The molecule has 0 fully saturated rings. The Bertz CT molecular complexity index is 597. The zero-order chi connectivity index (χ0) is 13.8. The molecule has 1 amide bonds. The third-order valence-electron chi connectivity index (χ3n) is 2.73. The molecule has 0 spiro atoms. The summed E-state index contributed by atoms with van der Waals surface area (Å²) in [5, 5.41) is 2.91. The van der Waals surface area contributed by atoms with E-state index in [1.54, 1.807) is 6.20 Å². The molecular formula is C13H13BrIN3O. The summed E-state index contributed by atoms with van der Waals surface area (Å²) in [6.07, 6.45) is 4.37. The van der Waals surface area contributed by atoms with Gasteiger partial charge in [-0.3, -0.25) is 4.79 Å². The van der Waals surface area contributed by atoms with Gasteiger partial charge in [-0.25, -0.2) is 4.98 Å². The predicted molar refractivity (Wildman–Crippen MR) is 86.1 cm³/mol. The number of benzene rings is 1. The summed E-state index contributed by atoms with van der Waals surface area (Å²) in [6, 6.07) is 5.70. The molecule has 0 bridgehead atoms. The van der Waals surface area contributed by atoms with Gasteiger partial charge in [-0.1, -0.05) is 0 Å². The van der Waals surface area contributed by atoms with Crippen molar-refractivity contribution in [1.82, 2.24) is 14.9 Å². The van der Waals surface area contributed by atoms with Crippen LogP contribution in [0.3, 0.4) is 0 Å². The summed E-state index contributed by atoms with van der Waals surface area (Å²) in [4.78, 5) is 16.3. The standard InChI is InChI=1S/C13H13BrIN3O/c1-18-7-6-16-12(18)4-5-17-13(19)10-8-9(15)2-3-11(10)14/h2-3,6-8H,4-5H2,1H3,(H,17,19). The summed E-state index contributed by atoms with van der Waals surface area (Å²) < 4.78 is 3.80. The topological polar surface area (TPSA) is 46.9 Å². The first kappa shape index (κ1) is 14.5. The number of halogens is 2. The molecule has 0 radical (unpaired) electrons. The highest BCUT2D eigenvalue weighted by Gasteiger charge is 2.10. The maximum Gasteiger partial charge on any atom is 0.252 e. The Morgan fingerprint density at radius 2 is 2.32 bits per heavy atom. The smallest absolute Gasteiger partial charge is 0.252 e. The molecule has 4 nitrogen and oxygen atoms in total. The number of hydrogen-bond acceptors (Lipinski definition) is 2. The molecule has 0 saturated heterocycles. The first-order valence-electron chi connectivity index (χ1n) is 5.77. The van der Waals surface area contributed by atoms with Crippen molar-refractivity contribution in [2.75, 3.05) is 6.54 Å². The Hall–Kier alpha value is -0.890. The van der Waals surface area contributed by atoms with Crippen LogP contribution in [-0.4, -0.2) is 22.0 Å². The second-order valence-corrected chi connectivity index (χ2v) is 6.18. The summed E-state index contributed by atoms with van der Waals surface area (Å²) in [5.74, 6) is 0.890. The van der Waals surface area contributed by atoms with E-state index in [-0.39, 0.29) is 5.91 Å². The molecule has 0 aliphatic heterocycles. The van der Waals surface area contributed by atoms with Gasteiger partial charge in [-0.2, -0.15) is 0 Å². The van der Waals surface area contributed by atoms with Crippen LogP contribution in [0.5, 0.6) is 0 Å². The Morgan fingerprint density at radius 3 is 3.00 bits per heavy atom. The van der Waals surface area contributed by atoms with Gasteiger partial charge in [-0.15, -0.1) is 0 Å². The Balaban J connectivity index is 1.94. The minimum Gasteiger partial charge on any atom is -0.352 e. The van der Waals surface area contributed by atoms with Crippen molar-refractivity contribution >= 4 is 44.4 Å². The van der Waals surface area contributed by atoms with Gasteiger partial charge < -0.3 is 9.88 Å². The van der Waals surface area contributed by atoms with Crippen LogP contribution in [0.25, 0.3) is 0 Å². The number of hydrogen-bond donors (Lipinski definition) is 1. The average molecular weight is 434 g/mol. The molecule has 2 aromatic rings. The molecule has 0 aliphatic rings. The van der Waals surface area contributed by atoms with Crippen LogP contribution in [0.15, 0.2) is 35.1 Å². The van der Waals surface area contributed by atoms with Gasteiger partial charge in [0.2, 0.25) is 0 Å². The number of nitrogens with one attached hydrogen (secondary N) is 1. The van der Waals surface area contributed by atoms with Crippen LogP contribution < -0.4 is 5.32 Å². The minimum absolute atomic E-state index is 0.0698. The molecule has 0 atom stereocenters. The summed E-state index contributed by atoms with van der Waals surface area (Å²) >= 11 is 5.58. The van der Waals surface area contributed by atoms with E-state index in [9.17, 15) is 4.79 Å². The van der Waals surface area contributed by atoms with Crippen molar-refractivity contribution < 1.29 is 4.79 Å². The molecule has 0 unspecified atom stereocenters. The van der Waals surface area contributed by atoms with Crippen LogP contribution in [0.2, 0.25) is 0 Å². The molecule has 2 rings (SSSR count). The van der Waals surface area contributed by atoms with Gasteiger partial charge in [0.1, 0.15) is 5.82 Å². The van der Waals surface area contributed by atoms with Crippen LogP contribution in [0.4, 0.5) is 0 Å². The van der Waals surface area contributed by atoms with Crippen LogP contribution in [-0.2, 0) is 13.5 Å². The number of amides is 1. The SMILES string of the molecule is Cn1ccnc1CCNC(=O)c1cc(I)ccc1Br. The third-order valence-corrected chi connectivity index (χ3v) is 4.09. The predicted octanol–water partition coefficient (Wildman–Crippen LogP) is 2.76. The lowest BCUT2D eigenvalue weighted by Crippen LogP contribution is -2.26. The lowest BCUT2D eigenvalue weighted by Gasteiger charge is -2.07. The highest BCUT2D eigenvalue weighted by atomic mass is 127. The number of carbonyl (C=O) groups is 1. The highest BCUT2D eigenvalue weighted by molar-refractivity contribution is 14.1. The molecule has 1 heterocycles. The molecule has 0 aliphatic carbocycles. The van der Waals surface area contributed by atoms with Crippen molar-refractivity contribution in [3.05, 3.63) is 50.0 Å². The maximum absolute atomic E-state index is 12.1. The normalized spacial score (nSPS) is 10.5. The number of nitrogens with zero attached hydrogens (tertiary/aromatic N) is 2. The summed E-state index contributed by atoms with van der Waals surface area (Å²) in [5.41, 5.74) is 0.659. The first-order chi connectivity index (χ1) is 9.08. The summed E-state index contributed by atoms with van der Waals surface area (Å²) in [6.45, 7) is 0.571.